The van der Waals surface area contributed by atoms with Crippen LogP contribution in [0.5, 0.6) is 0 Å². The maximum Gasteiger partial charge on any atom is 0.254 e. The van der Waals surface area contributed by atoms with Crippen LogP contribution in [0.15, 0.2) is 54.7 Å². The molecule has 0 bridgehead atoms. The maximum absolute atomic E-state index is 13.0. The summed E-state index contributed by atoms with van der Waals surface area (Å²) in [5.74, 6) is -0.310. The molecule has 182 valence electrons. The molecule has 0 atom stereocenters. The topological polar surface area (TPSA) is 99.9 Å². The van der Waals surface area contributed by atoms with Crippen molar-refractivity contribution in [2.75, 3.05) is 26.2 Å². The summed E-state index contributed by atoms with van der Waals surface area (Å²) in [6.45, 7) is 1.72. The zero-order valence-corrected chi connectivity index (χ0v) is 20.1. The Morgan fingerprint density at radius 3 is 2.11 bits per heavy atom. The summed E-state index contributed by atoms with van der Waals surface area (Å²) in [7, 11) is -3.36. The minimum absolute atomic E-state index is 0.0892. The Balaban J connectivity index is 1.17. The lowest BCUT2D eigenvalue weighted by Gasteiger charge is -2.35. The third-order valence-corrected chi connectivity index (χ3v) is 9.50. The van der Waals surface area contributed by atoms with Crippen LogP contribution in [0.4, 0.5) is 0 Å². The first-order valence-electron chi connectivity index (χ1n) is 12.0. The first-order chi connectivity index (χ1) is 16.8. The van der Waals surface area contributed by atoms with Gasteiger partial charge in [0, 0.05) is 43.3 Å². The van der Waals surface area contributed by atoms with Crippen molar-refractivity contribution in [1.82, 2.24) is 13.8 Å². The van der Waals surface area contributed by atoms with Crippen LogP contribution in [-0.4, -0.2) is 76.1 Å². The molecule has 1 aromatic heterocycles. The van der Waals surface area contributed by atoms with Crippen molar-refractivity contribution >= 4 is 32.7 Å². The highest BCUT2D eigenvalue weighted by Gasteiger charge is 2.50. The molecule has 2 aromatic carbocycles. The van der Waals surface area contributed by atoms with E-state index in [1.807, 2.05) is 36.4 Å². The van der Waals surface area contributed by atoms with E-state index in [1.54, 1.807) is 28.1 Å². The molecule has 2 saturated carbocycles. The number of piperazine rings is 1. The highest BCUT2D eigenvalue weighted by Crippen LogP contribution is 2.37. The van der Waals surface area contributed by atoms with Gasteiger partial charge in [0.1, 0.15) is 5.60 Å². The van der Waals surface area contributed by atoms with Crippen LogP contribution >= 0.6 is 0 Å². The van der Waals surface area contributed by atoms with E-state index in [4.69, 9.17) is 0 Å². The number of hydrogen-bond donors (Lipinski definition) is 1. The van der Waals surface area contributed by atoms with Crippen LogP contribution in [-0.2, 0) is 14.8 Å². The van der Waals surface area contributed by atoms with Gasteiger partial charge in [-0.2, -0.15) is 0 Å². The molecule has 1 saturated heterocycles. The molecule has 8 nitrogen and oxygen atoms in total. The molecule has 3 fully saturated rings. The third kappa shape index (κ3) is 3.92. The van der Waals surface area contributed by atoms with E-state index in [1.165, 1.54) is 3.97 Å². The van der Waals surface area contributed by atoms with Crippen LogP contribution in [0.2, 0.25) is 0 Å². The van der Waals surface area contributed by atoms with Crippen molar-refractivity contribution in [1.29, 1.82) is 0 Å². The van der Waals surface area contributed by atoms with Crippen LogP contribution in [0.1, 0.15) is 36.0 Å². The third-order valence-electron chi connectivity index (χ3n) is 7.32. The van der Waals surface area contributed by atoms with Crippen molar-refractivity contribution in [2.45, 2.75) is 36.5 Å². The van der Waals surface area contributed by atoms with Gasteiger partial charge in [0.05, 0.1) is 10.8 Å². The van der Waals surface area contributed by atoms with Gasteiger partial charge in [-0.3, -0.25) is 9.59 Å². The molecule has 0 radical (unpaired) electrons. The number of carbonyl (C=O) groups is 2. The van der Waals surface area contributed by atoms with Crippen molar-refractivity contribution in [3.63, 3.8) is 0 Å². The molecule has 2 aliphatic carbocycles. The van der Waals surface area contributed by atoms with Crippen molar-refractivity contribution in [3.05, 3.63) is 60.3 Å². The Bertz CT molecular complexity index is 1430. The number of rotatable bonds is 5. The fourth-order valence-corrected chi connectivity index (χ4v) is 6.47. The van der Waals surface area contributed by atoms with E-state index in [0.29, 0.717) is 62.9 Å². The highest BCUT2D eigenvalue weighted by molar-refractivity contribution is 7.91. The van der Waals surface area contributed by atoms with Crippen LogP contribution in [0.25, 0.3) is 22.0 Å². The Labute approximate surface area is 203 Å². The molecule has 3 aromatic rings. The molecule has 0 spiro atoms. The summed E-state index contributed by atoms with van der Waals surface area (Å²) in [5.41, 5.74) is 1.84. The van der Waals surface area contributed by atoms with Crippen LogP contribution in [0.3, 0.4) is 0 Å². The first-order valence-corrected chi connectivity index (χ1v) is 13.5. The summed E-state index contributed by atoms with van der Waals surface area (Å²) in [6, 6.07) is 14.9. The molecule has 6 rings (SSSR count). The lowest BCUT2D eigenvalue weighted by Crippen LogP contribution is -2.53. The molecule has 2 heterocycles. The SMILES string of the molecule is O=C(c1ccc(-c2ccc3ccn(S(=O)(=O)C4CC4)c3c2)cc1)N1CCN(C(=O)C2(O)CC2)CC1. The quantitative estimate of drug-likeness (QED) is 0.589. The van der Waals surface area contributed by atoms with Gasteiger partial charge >= 0.3 is 0 Å². The van der Waals surface area contributed by atoms with Gasteiger partial charge in [-0.1, -0.05) is 24.3 Å². The van der Waals surface area contributed by atoms with Crippen LogP contribution < -0.4 is 0 Å². The summed E-state index contributed by atoms with van der Waals surface area (Å²) < 4.78 is 27.0. The number of carbonyl (C=O) groups excluding carboxylic acids is 2. The standard InChI is InChI=1S/C26H27N3O5S/c30-24(27-13-15-28(16-14-27)25(31)26(32)10-11-26)20-4-1-18(2-5-20)21-6-3-19-9-12-29(23(19)17-21)35(33,34)22-7-8-22/h1-6,9,12,17,22,32H,7-8,10-11,13-16H2. The second kappa shape index (κ2) is 7.93. The number of aromatic nitrogens is 1. The molecule has 2 amide bonds. The van der Waals surface area contributed by atoms with Gasteiger partial charge in [-0.15, -0.1) is 0 Å². The molecule has 0 unspecified atom stereocenters. The molecule has 1 aliphatic heterocycles. The summed E-state index contributed by atoms with van der Waals surface area (Å²) in [5, 5.41) is 10.6. The van der Waals surface area contributed by atoms with Crippen molar-refractivity contribution in [2.24, 2.45) is 0 Å². The van der Waals surface area contributed by atoms with E-state index < -0.39 is 15.6 Å². The van der Waals surface area contributed by atoms with Gasteiger partial charge in [0.2, 0.25) is 10.0 Å². The van der Waals surface area contributed by atoms with E-state index in [-0.39, 0.29) is 17.1 Å². The highest BCUT2D eigenvalue weighted by atomic mass is 32.2. The number of nitrogens with zero attached hydrogens (tertiary/aromatic N) is 3. The second-order valence-corrected chi connectivity index (χ2v) is 11.9. The van der Waals surface area contributed by atoms with E-state index in [9.17, 15) is 23.1 Å². The minimum atomic E-state index is -3.36. The van der Waals surface area contributed by atoms with Crippen molar-refractivity contribution in [3.8, 4) is 11.1 Å². The predicted octanol–water partition coefficient (Wildman–Crippen LogP) is 2.46. The fourth-order valence-electron chi connectivity index (χ4n) is 4.76. The number of amides is 2. The fraction of sp³-hybridized carbons (Fsp3) is 0.385. The average molecular weight is 494 g/mol. The smallest absolute Gasteiger partial charge is 0.254 e. The number of fused-ring (bicyclic) bond motifs is 1. The molecular formula is C26H27N3O5S. The zero-order valence-electron chi connectivity index (χ0n) is 19.3. The Morgan fingerprint density at radius 1 is 0.857 bits per heavy atom. The van der Waals surface area contributed by atoms with Crippen molar-refractivity contribution < 1.29 is 23.1 Å². The molecule has 9 heteroatoms. The average Bonchev–Trinajstić information content (AvgIpc) is 3.81. The summed E-state index contributed by atoms with van der Waals surface area (Å²) in [6.07, 6.45) is 4.09. The summed E-state index contributed by atoms with van der Waals surface area (Å²) in [4.78, 5) is 28.7. The van der Waals surface area contributed by atoms with E-state index >= 15 is 0 Å². The monoisotopic (exact) mass is 493 g/mol. The normalized spacial score (nSPS) is 19.7. The number of hydrogen-bond acceptors (Lipinski definition) is 5. The number of aliphatic hydroxyl groups is 1. The predicted molar refractivity (Wildman–Crippen MR) is 131 cm³/mol. The Kier molecular flexibility index (Phi) is 5.05. The molecular weight excluding hydrogens is 466 g/mol. The first kappa shape index (κ1) is 22.3. The second-order valence-electron chi connectivity index (χ2n) is 9.82. The zero-order chi connectivity index (χ0) is 24.4. The van der Waals surface area contributed by atoms with Gasteiger partial charge in [-0.25, -0.2) is 12.4 Å². The Hall–Kier alpha value is -3.17. The lowest BCUT2D eigenvalue weighted by atomic mass is 10.0. The molecule has 3 aliphatic rings. The van der Waals surface area contributed by atoms with Gasteiger partial charge in [0.25, 0.3) is 11.8 Å². The van der Waals surface area contributed by atoms with Gasteiger partial charge in [0.15, 0.2) is 0 Å². The van der Waals surface area contributed by atoms with E-state index in [2.05, 4.69) is 0 Å². The molecule has 1 N–H and O–H groups in total. The Morgan fingerprint density at radius 2 is 1.49 bits per heavy atom. The van der Waals surface area contributed by atoms with Gasteiger partial charge < -0.3 is 14.9 Å². The minimum Gasteiger partial charge on any atom is -0.380 e. The largest absolute Gasteiger partial charge is 0.380 e. The maximum atomic E-state index is 13.0. The molecule has 35 heavy (non-hydrogen) atoms. The van der Waals surface area contributed by atoms with E-state index in [0.717, 1.165) is 16.5 Å². The summed E-state index contributed by atoms with van der Waals surface area (Å²) >= 11 is 0. The van der Waals surface area contributed by atoms with Crippen LogP contribution in [0, 0.1) is 0 Å². The number of benzene rings is 2. The van der Waals surface area contributed by atoms with Gasteiger partial charge in [-0.05, 0) is 61.1 Å². The lowest BCUT2D eigenvalue weighted by molar-refractivity contribution is -0.143.